The second-order valence-corrected chi connectivity index (χ2v) is 17.2. The maximum Gasteiger partial charge on any atom is 0.333 e. The third-order valence-corrected chi connectivity index (χ3v) is 14.1. The summed E-state index contributed by atoms with van der Waals surface area (Å²) in [5.74, 6) is 0. The fourth-order valence-corrected chi connectivity index (χ4v) is 11.8. The molecule has 47 heavy (non-hydrogen) atoms. The smallest absolute Gasteiger partial charge is 0.333 e. The summed E-state index contributed by atoms with van der Waals surface area (Å²) in [6, 6.07) is 47.6. The lowest BCUT2D eigenvalue weighted by molar-refractivity contribution is 0.670. The molecule has 0 saturated heterocycles. The highest BCUT2D eigenvalue weighted by Gasteiger charge is 2.48. The second kappa shape index (κ2) is 8.12. The van der Waals surface area contributed by atoms with Crippen molar-refractivity contribution in [3.63, 3.8) is 0 Å². The van der Waals surface area contributed by atoms with E-state index in [2.05, 4.69) is 149 Å². The number of anilines is 3. The number of benzene rings is 7. The monoisotopic (exact) mass is 618 g/mol. The Kier molecular flexibility index (Phi) is 4.28. The normalized spacial score (nSPS) is 15.8. The first-order valence-corrected chi connectivity index (χ1v) is 18.7. The van der Waals surface area contributed by atoms with Gasteiger partial charge in [-0.15, -0.1) is 0 Å². The van der Waals surface area contributed by atoms with E-state index in [1.165, 1.54) is 86.9 Å². The molecular weight excluding hydrogens is 591 g/mol. The number of hydrogen-bond donors (Lipinski definition) is 0. The molecule has 0 unspecified atom stereocenters. The summed E-state index contributed by atoms with van der Waals surface area (Å²) in [5.41, 5.74) is 13.6. The Morgan fingerprint density at radius 2 is 1.40 bits per heavy atom. The average molecular weight is 619 g/mol. The van der Waals surface area contributed by atoms with Crippen molar-refractivity contribution >= 4 is 99.4 Å². The molecule has 0 amide bonds. The second-order valence-electron chi connectivity index (χ2n) is 13.6. The fourth-order valence-electron chi connectivity index (χ4n) is 9.32. The van der Waals surface area contributed by atoms with Gasteiger partial charge in [0.15, 0.2) is 0 Å². The number of furan rings is 1. The molecule has 0 radical (unpaired) electrons. The van der Waals surface area contributed by atoms with Gasteiger partial charge in [0.2, 0.25) is 0 Å². The zero-order valence-electron chi connectivity index (χ0n) is 25.9. The minimum atomic E-state index is -1.27. The highest BCUT2D eigenvalue weighted by atomic mass is 32.3. The summed E-state index contributed by atoms with van der Waals surface area (Å²) in [5, 5.41) is 7.55. The Balaban J connectivity index is 1.36. The van der Waals surface area contributed by atoms with E-state index in [1.54, 1.807) is 0 Å². The SMILES string of the molecule is CS1(C)c2ccccc2N2c3cc4c(oc5ccccc54)c4c3B(c3cccc1c32)n1c2ccc3ccccc3c2c2cccc-4c21. The maximum absolute atomic E-state index is 6.89. The summed E-state index contributed by atoms with van der Waals surface area (Å²) < 4.78 is 9.56. The first-order valence-electron chi connectivity index (χ1n) is 16.3. The van der Waals surface area contributed by atoms with Crippen LogP contribution in [0, 0.1) is 0 Å². The molecular formula is C42H27BN2OS. The van der Waals surface area contributed by atoms with Gasteiger partial charge in [0.05, 0.1) is 11.4 Å². The van der Waals surface area contributed by atoms with Gasteiger partial charge < -0.3 is 13.8 Å². The zero-order valence-corrected chi connectivity index (χ0v) is 26.7. The van der Waals surface area contributed by atoms with Crippen molar-refractivity contribution in [2.45, 2.75) is 9.79 Å². The third-order valence-electron chi connectivity index (χ3n) is 11.2. The van der Waals surface area contributed by atoms with E-state index >= 15 is 0 Å². The van der Waals surface area contributed by atoms with Gasteiger partial charge in [-0.05, 0) is 70.6 Å². The number of rotatable bonds is 0. The number of nitrogens with zero attached hydrogens (tertiary/aromatic N) is 2. The Bertz CT molecular complexity index is 2910. The van der Waals surface area contributed by atoms with Crippen LogP contribution in [0.4, 0.5) is 17.1 Å². The Hall–Kier alpha value is -5.39. The largest absolute Gasteiger partial charge is 0.455 e. The summed E-state index contributed by atoms with van der Waals surface area (Å²) in [6.07, 6.45) is 4.94. The van der Waals surface area contributed by atoms with Gasteiger partial charge in [-0.25, -0.2) is 0 Å². The van der Waals surface area contributed by atoms with Gasteiger partial charge in [0, 0.05) is 59.2 Å². The first kappa shape index (κ1) is 24.8. The minimum Gasteiger partial charge on any atom is -0.455 e. The quantitative estimate of drug-likeness (QED) is 0.158. The molecule has 7 aromatic carbocycles. The lowest BCUT2D eigenvalue weighted by Crippen LogP contribution is -2.57. The van der Waals surface area contributed by atoms with Crippen LogP contribution in [0.5, 0.6) is 0 Å². The van der Waals surface area contributed by atoms with E-state index in [0.29, 0.717) is 0 Å². The molecule has 220 valence electrons. The standard InChI is InChI=1S/C42H27BN2OS/c1-47(2)35-19-8-6-17-31(35)44-33-23-29-26-13-5-7-18-34(26)46-42(29)38-28-15-9-14-27-37-25-12-4-3-11-24(25)21-22-32(37)45(40(27)28)43(39(33)38)30-16-10-20-36(47)41(30)44/h3-23H,1-2H3. The van der Waals surface area contributed by atoms with E-state index in [1.807, 2.05) is 0 Å². The Morgan fingerprint density at radius 1 is 0.638 bits per heavy atom. The molecule has 5 heteroatoms. The first-order chi connectivity index (χ1) is 23.1. The van der Waals surface area contributed by atoms with Crippen LogP contribution in [0.1, 0.15) is 0 Å². The predicted octanol–water partition coefficient (Wildman–Crippen LogP) is 10.1. The van der Waals surface area contributed by atoms with Crippen LogP contribution in [0.3, 0.4) is 0 Å². The van der Waals surface area contributed by atoms with Crippen LogP contribution in [-0.4, -0.2) is 23.8 Å². The molecule has 3 aliphatic rings. The molecule has 12 rings (SSSR count). The van der Waals surface area contributed by atoms with Crippen molar-refractivity contribution in [3.8, 4) is 11.1 Å². The minimum absolute atomic E-state index is 0.000312. The lowest BCUT2D eigenvalue weighted by Gasteiger charge is -2.49. The summed E-state index contributed by atoms with van der Waals surface area (Å²) >= 11 is 0. The molecule has 9 aromatic rings. The van der Waals surface area contributed by atoms with Crippen LogP contribution < -0.4 is 15.8 Å². The molecule has 0 aliphatic carbocycles. The lowest BCUT2D eigenvalue weighted by atomic mass is 9.45. The topological polar surface area (TPSA) is 21.3 Å². The predicted molar refractivity (Wildman–Crippen MR) is 201 cm³/mol. The summed E-state index contributed by atoms with van der Waals surface area (Å²) in [7, 11) is -1.27. The van der Waals surface area contributed by atoms with Gasteiger partial charge in [-0.1, -0.05) is 91.0 Å². The van der Waals surface area contributed by atoms with Crippen molar-refractivity contribution in [1.29, 1.82) is 0 Å². The van der Waals surface area contributed by atoms with Crippen molar-refractivity contribution in [1.82, 2.24) is 4.48 Å². The molecule has 0 spiro atoms. The van der Waals surface area contributed by atoms with Gasteiger partial charge in [0.25, 0.3) is 0 Å². The zero-order chi connectivity index (χ0) is 30.8. The van der Waals surface area contributed by atoms with E-state index in [-0.39, 0.29) is 6.85 Å². The fraction of sp³-hybridized carbons (Fsp3) is 0.0476. The van der Waals surface area contributed by atoms with Crippen LogP contribution >= 0.6 is 10.0 Å². The molecule has 0 saturated carbocycles. The van der Waals surface area contributed by atoms with Crippen LogP contribution in [0.2, 0.25) is 0 Å². The van der Waals surface area contributed by atoms with Crippen molar-refractivity contribution in [3.05, 3.63) is 127 Å². The van der Waals surface area contributed by atoms with Gasteiger partial charge in [0.1, 0.15) is 11.2 Å². The van der Waals surface area contributed by atoms with Crippen molar-refractivity contribution in [2.75, 3.05) is 17.4 Å². The number of fused-ring (bicyclic) bond motifs is 15. The van der Waals surface area contributed by atoms with Crippen LogP contribution in [-0.2, 0) is 0 Å². The van der Waals surface area contributed by atoms with Gasteiger partial charge in [-0.3, -0.25) is 0 Å². The maximum atomic E-state index is 6.89. The van der Waals surface area contributed by atoms with Crippen molar-refractivity contribution in [2.24, 2.45) is 0 Å². The highest BCUT2D eigenvalue weighted by Crippen LogP contribution is 2.68. The van der Waals surface area contributed by atoms with E-state index in [9.17, 15) is 0 Å². The van der Waals surface area contributed by atoms with Crippen LogP contribution in [0.25, 0.3) is 65.6 Å². The molecule has 0 fully saturated rings. The Morgan fingerprint density at radius 3 is 2.34 bits per heavy atom. The van der Waals surface area contributed by atoms with Crippen LogP contribution in [0.15, 0.2) is 142 Å². The molecule has 5 heterocycles. The number of hydrogen-bond acceptors (Lipinski definition) is 2. The van der Waals surface area contributed by atoms with E-state index in [0.717, 1.165) is 16.6 Å². The molecule has 0 bridgehead atoms. The molecule has 0 atom stereocenters. The molecule has 3 nitrogen and oxygen atoms in total. The Labute approximate surface area is 273 Å². The van der Waals surface area contributed by atoms with Gasteiger partial charge in [-0.2, -0.15) is 10.0 Å². The third kappa shape index (κ3) is 2.74. The molecule has 3 aliphatic heterocycles. The highest BCUT2D eigenvalue weighted by molar-refractivity contribution is 8.33. The average Bonchev–Trinajstić information content (AvgIpc) is 3.65. The van der Waals surface area contributed by atoms with Crippen molar-refractivity contribution < 1.29 is 4.42 Å². The summed E-state index contributed by atoms with van der Waals surface area (Å²) in [6.45, 7) is 0.000312. The van der Waals surface area contributed by atoms with Gasteiger partial charge >= 0.3 is 6.85 Å². The number of aromatic nitrogens is 1. The van der Waals surface area contributed by atoms with E-state index in [4.69, 9.17) is 4.42 Å². The van der Waals surface area contributed by atoms with E-state index < -0.39 is 10.0 Å². The number of para-hydroxylation sites is 4. The molecule has 2 aromatic heterocycles. The molecule has 0 N–H and O–H groups in total. The summed E-state index contributed by atoms with van der Waals surface area (Å²) in [4.78, 5) is 5.49.